The average Bonchev–Trinajstić information content (AvgIpc) is 2.82. The van der Waals surface area contributed by atoms with Crippen LogP contribution in [0.1, 0.15) is 40.8 Å². The highest BCUT2D eigenvalue weighted by Crippen LogP contribution is 2.43. The molecule has 1 aliphatic carbocycles. The fourth-order valence-electron chi connectivity index (χ4n) is 3.91. The van der Waals surface area contributed by atoms with Gasteiger partial charge in [-0.15, -0.1) is 0 Å². The van der Waals surface area contributed by atoms with Gasteiger partial charge in [-0.25, -0.2) is 13.8 Å². The molecular weight excluding hydrogens is 370 g/mol. The molecule has 0 saturated heterocycles. The van der Waals surface area contributed by atoms with Crippen molar-refractivity contribution in [2.75, 3.05) is 6.54 Å². The normalized spacial score (nSPS) is 16.5. The quantitative estimate of drug-likeness (QED) is 0.703. The minimum absolute atomic E-state index is 0.0182. The Bertz CT molecular complexity index is 1010. The largest absolute Gasteiger partial charge is 0.508 e. The van der Waals surface area contributed by atoms with Crippen molar-refractivity contribution in [2.24, 2.45) is 0 Å². The highest BCUT2D eigenvalue weighted by atomic mass is 35.5. The molecule has 1 aromatic carbocycles. The second-order valence-corrected chi connectivity index (χ2v) is 7.35. The Hall–Kier alpha value is -2.40. The molecule has 6 heteroatoms. The molecule has 27 heavy (non-hydrogen) atoms. The highest BCUT2D eigenvalue weighted by molar-refractivity contribution is 6.50. The molecule has 0 spiro atoms. The van der Waals surface area contributed by atoms with Crippen LogP contribution in [0.4, 0.5) is 8.78 Å². The standard InChI is InChI=1S/C21H19ClF2N2O/c1-10-17-11(2)25-7-3-4-16(17)26-21(20(10)24)14-9-13(27)8-12-5-6-15(23)19(22)18(12)14/h8-9,25,27H,2-7H2,1H3. The number of allylic oxidation sites excluding steroid dienone is 1. The summed E-state index contributed by atoms with van der Waals surface area (Å²) in [6, 6.07) is 2.95. The summed E-state index contributed by atoms with van der Waals surface area (Å²) >= 11 is 6.24. The van der Waals surface area contributed by atoms with Crippen molar-refractivity contribution in [1.29, 1.82) is 0 Å². The van der Waals surface area contributed by atoms with Crippen LogP contribution < -0.4 is 5.32 Å². The number of aryl methyl sites for hydroxylation is 2. The van der Waals surface area contributed by atoms with E-state index in [9.17, 15) is 9.50 Å². The molecule has 0 saturated carbocycles. The molecule has 0 unspecified atom stereocenters. The molecule has 2 aromatic rings. The molecular formula is C21H19ClF2N2O. The van der Waals surface area contributed by atoms with Crippen LogP contribution >= 0.6 is 11.6 Å². The smallest absolute Gasteiger partial charge is 0.153 e. The van der Waals surface area contributed by atoms with Gasteiger partial charge in [0.2, 0.25) is 0 Å². The zero-order valence-electron chi connectivity index (χ0n) is 14.9. The van der Waals surface area contributed by atoms with Crippen LogP contribution in [0.15, 0.2) is 24.5 Å². The van der Waals surface area contributed by atoms with Crippen molar-refractivity contribution in [3.8, 4) is 17.0 Å². The number of nitrogens with one attached hydrogen (secondary N) is 1. The fourth-order valence-corrected chi connectivity index (χ4v) is 4.22. The number of aromatic hydroxyl groups is 1. The van der Waals surface area contributed by atoms with E-state index >= 15 is 4.39 Å². The van der Waals surface area contributed by atoms with Gasteiger partial charge in [0, 0.05) is 35.4 Å². The molecule has 2 aliphatic rings. The first kappa shape index (κ1) is 18.0. The molecule has 1 aliphatic heterocycles. The van der Waals surface area contributed by atoms with Crippen LogP contribution in [-0.2, 0) is 12.8 Å². The van der Waals surface area contributed by atoms with E-state index in [-0.39, 0.29) is 22.9 Å². The van der Waals surface area contributed by atoms with E-state index in [1.165, 1.54) is 6.07 Å². The maximum absolute atomic E-state index is 15.3. The Labute approximate surface area is 161 Å². The predicted octanol–water partition coefficient (Wildman–Crippen LogP) is 5.23. The monoisotopic (exact) mass is 388 g/mol. The summed E-state index contributed by atoms with van der Waals surface area (Å²) in [5, 5.41) is 13.3. The second kappa shape index (κ2) is 6.64. The molecule has 3 nitrogen and oxygen atoms in total. The van der Waals surface area contributed by atoms with Crippen LogP contribution in [0, 0.1) is 12.7 Å². The van der Waals surface area contributed by atoms with Crippen molar-refractivity contribution >= 4 is 22.3 Å². The van der Waals surface area contributed by atoms with Crippen LogP contribution in [0.3, 0.4) is 0 Å². The van der Waals surface area contributed by atoms with Gasteiger partial charge < -0.3 is 10.4 Å². The fraction of sp³-hybridized carbons (Fsp3) is 0.286. The zero-order valence-corrected chi connectivity index (χ0v) is 15.7. The summed E-state index contributed by atoms with van der Waals surface area (Å²) in [5.74, 6) is -0.960. The Balaban J connectivity index is 2.02. The number of aromatic nitrogens is 1. The summed E-state index contributed by atoms with van der Waals surface area (Å²) < 4.78 is 29.5. The number of fused-ring (bicyclic) bond motifs is 2. The van der Waals surface area contributed by atoms with Crippen molar-refractivity contribution < 1.29 is 13.9 Å². The number of benzene rings is 1. The van der Waals surface area contributed by atoms with E-state index < -0.39 is 11.6 Å². The summed E-state index contributed by atoms with van der Waals surface area (Å²) in [6.07, 6.45) is 2.08. The van der Waals surface area contributed by atoms with Crippen LogP contribution in [0.5, 0.6) is 5.75 Å². The van der Waals surface area contributed by atoms with Gasteiger partial charge in [0.1, 0.15) is 17.3 Å². The third-order valence-corrected chi connectivity index (χ3v) is 5.60. The number of halogens is 3. The highest BCUT2D eigenvalue weighted by Gasteiger charge is 2.27. The van der Waals surface area contributed by atoms with Crippen molar-refractivity contribution in [3.63, 3.8) is 0 Å². The Morgan fingerprint density at radius 2 is 1.96 bits per heavy atom. The summed E-state index contributed by atoms with van der Waals surface area (Å²) in [5.41, 5.74) is 4.02. The van der Waals surface area contributed by atoms with E-state index in [1.54, 1.807) is 13.0 Å². The summed E-state index contributed by atoms with van der Waals surface area (Å²) in [6.45, 7) is 6.42. The SMILES string of the molecule is C=C1NCCCc2nc(-c3cc(O)cc4c3C(Cl)=C(F)CC4)c(F)c(C)c21. The minimum atomic E-state index is -0.512. The van der Waals surface area contributed by atoms with Crippen LogP contribution in [0.25, 0.3) is 22.0 Å². The number of rotatable bonds is 1. The van der Waals surface area contributed by atoms with Gasteiger partial charge in [0.05, 0.1) is 10.7 Å². The van der Waals surface area contributed by atoms with Crippen LogP contribution in [-0.4, -0.2) is 16.6 Å². The topological polar surface area (TPSA) is 45.2 Å². The Kier molecular flexibility index (Phi) is 4.42. The third-order valence-electron chi connectivity index (χ3n) is 5.21. The van der Waals surface area contributed by atoms with E-state index in [0.29, 0.717) is 46.4 Å². The second-order valence-electron chi connectivity index (χ2n) is 6.98. The van der Waals surface area contributed by atoms with Crippen molar-refractivity contribution in [2.45, 2.75) is 32.6 Å². The average molecular weight is 389 g/mol. The van der Waals surface area contributed by atoms with Crippen molar-refractivity contribution in [3.05, 3.63) is 58.3 Å². The number of phenols is 1. The molecule has 0 amide bonds. The first-order valence-corrected chi connectivity index (χ1v) is 9.29. The lowest BCUT2D eigenvalue weighted by Crippen LogP contribution is -2.12. The number of hydrogen-bond acceptors (Lipinski definition) is 3. The third kappa shape index (κ3) is 2.90. The lowest BCUT2D eigenvalue weighted by atomic mass is 9.89. The van der Waals surface area contributed by atoms with Crippen molar-refractivity contribution in [1.82, 2.24) is 10.3 Å². The molecule has 0 fully saturated rings. The van der Waals surface area contributed by atoms with E-state index in [2.05, 4.69) is 16.9 Å². The van der Waals surface area contributed by atoms with Gasteiger partial charge in [-0.1, -0.05) is 18.2 Å². The minimum Gasteiger partial charge on any atom is -0.508 e. The molecule has 4 rings (SSSR count). The Morgan fingerprint density at radius 1 is 1.19 bits per heavy atom. The molecule has 0 atom stereocenters. The van der Waals surface area contributed by atoms with E-state index in [4.69, 9.17) is 11.6 Å². The zero-order chi connectivity index (χ0) is 19.3. The maximum atomic E-state index is 15.3. The molecule has 2 heterocycles. The summed E-state index contributed by atoms with van der Waals surface area (Å²) in [7, 11) is 0. The number of hydrogen-bond donors (Lipinski definition) is 2. The Morgan fingerprint density at radius 3 is 2.74 bits per heavy atom. The molecule has 2 N–H and O–H groups in total. The molecule has 140 valence electrons. The number of phenolic OH excluding ortho intramolecular Hbond substituents is 1. The van der Waals surface area contributed by atoms with Gasteiger partial charge in [-0.05, 0) is 49.4 Å². The maximum Gasteiger partial charge on any atom is 0.153 e. The van der Waals surface area contributed by atoms with Gasteiger partial charge in [-0.2, -0.15) is 0 Å². The van der Waals surface area contributed by atoms with Gasteiger partial charge in [-0.3, -0.25) is 0 Å². The molecule has 0 bridgehead atoms. The van der Waals surface area contributed by atoms with Gasteiger partial charge >= 0.3 is 0 Å². The number of pyridine rings is 1. The molecule has 1 aromatic heterocycles. The van der Waals surface area contributed by atoms with Gasteiger partial charge in [0.15, 0.2) is 5.82 Å². The van der Waals surface area contributed by atoms with Gasteiger partial charge in [0.25, 0.3) is 0 Å². The summed E-state index contributed by atoms with van der Waals surface area (Å²) in [4.78, 5) is 4.57. The van der Waals surface area contributed by atoms with E-state index in [1.807, 2.05) is 0 Å². The lowest BCUT2D eigenvalue weighted by Gasteiger charge is -2.21. The lowest BCUT2D eigenvalue weighted by molar-refractivity contribution is 0.474. The number of nitrogens with zero attached hydrogens (tertiary/aromatic N) is 1. The molecule has 0 radical (unpaired) electrons. The predicted molar refractivity (Wildman–Crippen MR) is 104 cm³/mol. The van der Waals surface area contributed by atoms with E-state index in [0.717, 1.165) is 18.7 Å². The first-order valence-electron chi connectivity index (χ1n) is 8.91. The van der Waals surface area contributed by atoms with Crippen LogP contribution in [0.2, 0.25) is 0 Å². The first-order chi connectivity index (χ1) is 12.9.